The van der Waals surface area contributed by atoms with Gasteiger partial charge in [-0.1, -0.05) is 18.2 Å². The quantitative estimate of drug-likeness (QED) is 0.642. The molecule has 0 bridgehead atoms. The van der Waals surface area contributed by atoms with Crippen LogP contribution < -0.4 is 5.32 Å². The van der Waals surface area contributed by atoms with Gasteiger partial charge >= 0.3 is 0 Å². The lowest BCUT2D eigenvalue weighted by Gasteiger charge is -2.22. The zero-order valence-electron chi connectivity index (χ0n) is 16.9. The number of furan rings is 1. The minimum absolute atomic E-state index is 0.139. The number of hydrogen-bond acceptors (Lipinski definition) is 5. The van der Waals surface area contributed by atoms with Crippen LogP contribution in [0.3, 0.4) is 0 Å². The fourth-order valence-electron chi connectivity index (χ4n) is 2.98. The van der Waals surface area contributed by atoms with E-state index >= 15 is 0 Å². The van der Waals surface area contributed by atoms with E-state index in [-0.39, 0.29) is 16.8 Å². The Hall–Kier alpha value is -2.68. The fraction of sp³-hybridized carbons (Fsp3) is 0.286. The van der Waals surface area contributed by atoms with Crippen LogP contribution in [-0.2, 0) is 10.0 Å². The van der Waals surface area contributed by atoms with Crippen LogP contribution in [0.4, 0.5) is 0 Å². The van der Waals surface area contributed by atoms with Gasteiger partial charge in [0.25, 0.3) is 5.91 Å². The molecule has 8 heteroatoms. The molecule has 3 aromatic rings. The summed E-state index contributed by atoms with van der Waals surface area (Å²) in [6, 6.07) is 15.5. The Morgan fingerprint density at radius 2 is 1.69 bits per heavy atom. The van der Waals surface area contributed by atoms with E-state index in [4.69, 9.17) is 4.42 Å². The molecule has 0 aliphatic carbocycles. The molecule has 0 radical (unpaired) electrons. The summed E-state index contributed by atoms with van der Waals surface area (Å²) < 4.78 is 31.4. The summed E-state index contributed by atoms with van der Waals surface area (Å²) in [5.74, 6) is 0.491. The van der Waals surface area contributed by atoms with Crippen molar-refractivity contribution in [3.05, 3.63) is 65.9 Å². The van der Waals surface area contributed by atoms with Crippen molar-refractivity contribution in [1.29, 1.82) is 0 Å². The van der Waals surface area contributed by atoms with Gasteiger partial charge in [0.15, 0.2) is 0 Å². The minimum atomic E-state index is -3.52. The molecule has 29 heavy (non-hydrogen) atoms. The molecule has 0 aliphatic rings. The number of fused-ring (bicyclic) bond motifs is 1. The molecule has 0 saturated carbocycles. The molecule has 7 nitrogen and oxygen atoms in total. The van der Waals surface area contributed by atoms with Gasteiger partial charge in [-0.15, -0.1) is 0 Å². The number of sulfonamides is 1. The molecule has 1 N–H and O–H groups in total. The van der Waals surface area contributed by atoms with E-state index in [9.17, 15) is 13.2 Å². The first kappa shape index (κ1) is 21.0. The Morgan fingerprint density at radius 1 is 1.03 bits per heavy atom. The summed E-state index contributed by atoms with van der Waals surface area (Å²) in [7, 11) is 3.26. The highest BCUT2D eigenvalue weighted by molar-refractivity contribution is 7.89. The first-order chi connectivity index (χ1) is 13.7. The molecule has 3 rings (SSSR count). The number of para-hydroxylation sites is 1. The third kappa shape index (κ3) is 4.50. The molecule has 1 amide bonds. The summed E-state index contributed by atoms with van der Waals surface area (Å²) in [6.45, 7) is 0.351. The number of benzene rings is 2. The van der Waals surface area contributed by atoms with Gasteiger partial charge in [0, 0.05) is 31.6 Å². The number of nitrogens with zero attached hydrogens (tertiary/aromatic N) is 2. The zero-order chi connectivity index (χ0) is 21.2. The Bertz CT molecular complexity index is 1070. The molecule has 0 spiro atoms. The topological polar surface area (TPSA) is 82.9 Å². The van der Waals surface area contributed by atoms with E-state index in [1.807, 2.05) is 49.3 Å². The third-order valence-electron chi connectivity index (χ3n) is 4.75. The number of nitrogens with one attached hydrogen (secondary N) is 1. The summed E-state index contributed by atoms with van der Waals surface area (Å²) in [5, 5.41) is 3.92. The zero-order valence-corrected chi connectivity index (χ0v) is 17.7. The molecule has 0 aliphatic heterocycles. The Balaban J connectivity index is 1.72. The molecule has 1 atom stereocenters. The molecule has 1 heterocycles. The second-order valence-corrected chi connectivity index (χ2v) is 9.34. The second kappa shape index (κ2) is 8.36. The van der Waals surface area contributed by atoms with Crippen LogP contribution in [0.1, 0.15) is 22.2 Å². The monoisotopic (exact) mass is 415 g/mol. The highest BCUT2D eigenvalue weighted by Gasteiger charge is 2.21. The van der Waals surface area contributed by atoms with Crippen molar-refractivity contribution in [1.82, 2.24) is 14.5 Å². The Kier molecular flexibility index (Phi) is 6.07. The third-order valence-corrected chi connectivity index (χ3v) is 6.58. The molecule has 1 aromatic heterocycles. The summed E-state index contributed by atoms with van der Waals surface area (Å²) in [4.78, 5) is 14.7. The first-order valence-corrected chi connectivity index (χ1v) is 10.6. The molecule has 2 aromatic carbocycles. The molecule has 0 unspecified atom stereocenters. The maximum Gasteiger partial charge on any atom is 0.251 e. The van der Waals surface area contributed by atoms with Crippen LogP contribution in [0.15, 0.2) is 63.9 Å². The largest absolute Gasteiger partial charge is 0.459 e. The van der Waals surface area contributed by atoms with Crippen LogP contribution in [0.2, 0.25) is 0 Å². The number of carbonyl (C=O) groups excluding carboxylic acids is 1. The average Bonchev–Trinajstić information content (AvgIpc) is 3.11. The van der Waals surface area contributed by atoms with Crippen LogP contribution in [0.25, 0.3) is 11.0 Å². The van der Waals surface area contributed by atoms with Crippen molar-refractivity contribution in [2.45, 2.75) is 10.9 Å². The predicted molar refractivity (Wildman–Crippen MR) is 112 cm³/mol. The van der Waals surface area contributed by atoms with Crippen molar-refractivity contribution < 1.29 is 17.6 Å². The maximum absolute atomic E-state index is 12.5. The van der Waals surface area contributed by atoms with Crippen molar-refractivity contribution in [3.63, 3.8) is 0 Å². The second-order valence-electron chi connectivity index (χ2n) is 7.19. The highest BCUT2D eigenvalue weighted by atomic mass is 32.2. The number of hydrogen-bond donors (Lipinski definition) is 1. The van der Waals surface area contributed by atoms with Gasteiger partial charge in [-0.3, -0.25) is 9.69 Å². The van der Waals surface area contributed by atoms with E-state index < -0.39 is 10.0 Å². The van der Waals surface area contributed by atoms with Gasteiger partial charge in [0.1, 0.15) is 11.3 Å². The van der Waals surface area contributed by atoms with Crippen molar-refractivity contribution in [3.8, 4) is 0 Å². The summed E-state index contributed by atoms with van der Waals surface area (Å²) in [6.07, 6.45) is 0. The van der Waals surface area contributed by atoms with Crippen LogP contribution >= 0.6 is 0 Å². The lowest BCUT2D eigenvalue weighted by Crippen LogP contribution is -2.34. The highest BCUT2D eigenvalue weighted by Crippen LogP contribution is 2.26. The molecule has 154 valence electrons. The molecular formula is C21H25N3O4S. The standard InChI is InChI=1S/C21H25N3O4S/c1-23(2)18(20-13-16-7-5-6-8-19(16)28-20)14-22-21(25)15-9-11-17(12-10-15)29(26,27)24(3)4/h5-13,18H,14H2,1-4H3,(H,22,25)/t18-/m0/s1. The number of rotatable bonds is 7. The number of carbonyl (C=O) groups is 1. The fourth-order valence-corrected chi connectivity index (χ4v) is 3.89. The normalized spacial score (nSPS) is 13.2. The maximum atomic E-state index is 12.5. The number of amides is 1. The van der Waals surface area contributed by atoms with E-state index in [0.29, 0.717) is 12.1 Å². The van der Waals surface area contributed by atoms with E-state index in [1.165, 1.54) is 38.4 Å². The van der Waals surface area contributed by atoms with Crippen molar-refractivity contribution in [2.75, 3.05) is 34.7 Å². The predicted octanol–water partition coefficient (Wildman–Crippen LogP) is 2.72. The van der Waals surface area contributed by atoms with Crippen LogP contribution in [0, 0.1) is 0 Å². The molecular weight excluding hydrogens is 390 g/mol. The SMILES string of the molecule is CN(C)[C@@H](CNC(=O)c1ccc(S(=O)(=O)N(C)C)cc1)c1cc2ccccc2o1. The van der Waals surface area contributed by atoms with E-state index in [0.717, 1.165) is 21.0 Å². The Labute approximate surface area is 171 Å². The number of likely N-dealkylation sites (N-methyl/N-ethyl adjacent to an activating group) is 1. The molecule has 0 fully saturated rings. The van der Waals surface area contributed by atoms with Gasteiger partial charge in [-0.2, -0.15) is 0 Å². The average molecular weight is 416 g/mol. The van der Waals surface area contributed by atoms with Crippen molar-refractivity contribution in [2.24, 2.45) is 0 Å². The van der Waals surface area contributed by atoms with Gasteiger partial charge in [0.2, 0.25) is 10.0 Å². The van der Waals surface area contributed by atoms with Crippen LogP contribution in [0.5, 0.6) is 0 Å². The lowest BCUT2D eigenvalue weighted by atomic mass is 10.1. The van der Waals surface area contributed by atoms with Gasteiger partial charge < -0.3 is 9.73 Å². The lowest BCUT2D eigenvalue weighted by molar-refractivity contribution is 0.0939. The van der Waals surface area contributed by atoms with Gasteiger partial charge in [-0.05, 0) is 50.5 Å². The van der Waals surface area contributed by atoms with Gasteiger partial charge in [0.05, 0.1) is 10.9 Å². The van der Waals surface area contributed by atoms with E-state index in [1.54, 1.807) is 0 Å². The molecule has 0 saturated heterocycles. The van der Waals surface area contributed by atoms with Gasteiger partial charge in [-0.25, -0.2) is 12.7 Å². The summed E-state index contributed by atoms with van der Waals surface area (Å²) in [5.41, 5.74) is 1.20. The first-order valence-electron chi connectivity index (χ1n) is 9.16. The van der Waals surface area contributed by atoms with Crippen molar-refractivity contribution >= 4 is 26.9 Å². The minimum Gasteiger partial charge on any atom is -0.459 e. The smallest absolute Gasteiger partial charge is 0.251 e. The Morgan fingerprint density at radius 3 is 2.28 bits per heavy atom. The summed E-state index contributed by atoms with van der Waals surface area (Å²) >= 11 is 0. The van der Waals surface area contributed by atoms with E-state index in [2.05, 4.69) is 5.32 Å². The van der Waals surface area contributed by atoms with Crippen LogP contribution in [-0.4, -0.2) is 58.3 Å².